The van der Waals surface area contributed by atoms with Crippen molar-refractivity contribution < 1.29 is 14.3 Å². The Morgan fingerprint density at radius 1 is 1.23 bits per heavy atom. The minimum atomic E-state index is -0.330. The monoisotopic (exact) mass is 530 g/mol. The molecule has 3 aromatic heterocycles. The number of carbonyl (C=O) groups is 1. The summed E-state index contributed by atoms with van der Waals surface area (Å²) in [6, 6.07) is 8.17. The van der Waals surface area contributed by atoms with Crippen LogP contribution in [-0.2, 0) is 18.9 Å². The molecule has 2 N–H and O–H groups in total. The van der Waals surface area contributed by atoms with Crippen molar-refractivity contribution in [3.05, 3.63) is 65.8 Å². The van der Waals surface area contributed by atoms with Gasteiger partial charge in [-0.25, -0.2) is 9.97 Å². The fourth-order valence-corrected chi connectivity index (χ4v) is 4.82. The molecule has 0 amide bonds. The second-order valence-electron chi connectivity index (χ2n) is 11.0. The van der Waals surface area contributed by atoms with Gasteiger partial charge in [0.1, 0.15) is 0 Å². The van der Waals surface area contributed by atoms with Gasteiger partial charge in [-0.15, -0.1) is 10.2 Å². The molecule has 204 valence electrons. The molecule has 0 saturated carbocycles. The lowest BCUT2D eigenvalue weighted by molar-refractivity contribution is 0.0927. The number of ketones is 1. The molecule has 0 bridgehead atoms. The highest BCUT2D eigenvalue weighted by atomic mass is 16.4. The van der Waals surface area contributed by atoms with E-state index in [2.05, 4.69) is 42.6 Å². The number of benzene rings is 1. The number of fused-ring (bicyclic) bond motifs is 1. The molecule has 4 aromatic rings. The van der Waals surface area contributed by atoms with E-state index < -0.39 is 0 Å². The van der Waals surface area contributed by atoms with Gasteiger partial charge in [0.05, 0.1) is 24.2 Å². The average Bonchev–Trinajstić information content (AvgIpc) is 3.53. The first-order valence-corrected chi connectivity index (χ1v) is 13.1. The van der Waals surface area contributed by atoms with Gasteiger partial charge in [0, 0.05) is 62.4 Å². The maximum atomic E-state index is 13.2. The van der Waals surface area contributed by atoms with Crippen molar-refractivity contribution in [3.63, 3.8) is 0 Å². The Balaban J connectivity index is 1.41. The first kappa shape index (κ1) is 26.6. The lowest BCUT2D eigenvalue weighted by Gasteiger charge is -2.23. The van der Waals surface area contributed by atoms with Crippen molar-refractivity contribution in [1.29, 1.82) is 0 Å². The minimum absolute atomic E-state index is 0.0469. The summed E-state index contributed by atoms with van der Waals surface area (Å²) in [5.41, 5.74) is 4.52. The predicted molar refractivity (Wildman–Crippen MR) is 146 cm³/mol. The second kappa shape index (κ2) is 11.0. The molecule has 39 heavy (non-hydrogen) atoms. The summed E-state index contributed by atoms with van der Waals surface area (Å²) in [4.78, 5) is 24.5. The van der Waals surface area contributed by atoms with E-state index in [-0.39, 0.29) is 36.0 Å². The highest BCUT2D eigenvalue weighted by Crippen LogP contribution is 2.33. The number of hydrogen-bond acceptors (Lipinski definition) is 10. The Bertz CT molecular complexity index is 1460. The molecule has 1 aromatic carbocycles. The summed E-state index contributed by atoms with van der Waals surface area (Å²) in [5.74, 6) is 0.730. The third-order valence-corrected chi connectivity index (χ3v) is 6.82. The fourth-order valence-electron chi connectivity index (χ4n) is 4.82. The molecule has 0 aliphatic carbocycles. The molecule has 11 heteroatoms. The number of aryl methyl sites for hydroxylation is 1. The SMILES string of the molecule is Cn1cc(Nc2nccc(-c3ccc4c(c3)CCN(CCO)CC4CC(=O)c3nnc(C(C)(C)C)o3)n2)cn1. The van der Waals surface area contributed by atoms with E-state index in [0.29, 0.717) is 24.9 Å². The van der Waals surface area contributed by atoms with E-state index in [0.717, 1.165) is 41.0 Å². The van der Waals surface area contributed by atoms with E-state index in [1.165, 1.54) is 0 Å². The zero-order valence-electron chi connectivity index (χ0n) is 22.8. The molecule has 1 aliphatic rings. The van der Waals surface area contributed by atoms with Crippen molar-refractivity contribution in [2.24, 2.45) is 7.05 Å². The van der Waals surface area contributed by atoms with Gasteiger partial charge < -0.3 is 19.7 Å². The lowest BCUT2D eigenvalue weighted by atomic mass is 9.88. The average molecular weight is 531 g/mol. The van der Waals surface area contributed by atoms with Crippen molar-refractivity contribution in [1.82, 2.24) is 34.8 Å². The Hall–Kier alpha value is -3.96. The summed E-state index contributed by atoms with van der Waals surface area (Å²) in [5, 5.41) is 25.1. The van der Waals surface area contributed by atoms with E-state index in [4.69, 9.17) is 9.40 Å². The first-order valence-electron chi connectivity index (χ1n) is 13.1. The predicted octanol–water partition coefficient (Wildman–Crippen LogP) is 3.51. The van der Waals surface area contributed by atoms with Crippen molar-refractivity contribution >= 4 is 17.4 Å². The third kappa shape index (κ3) is 6.21. The molecular formula is C28H34N8O3. The van der Waals surface area contributed by atoms with E-state index in [1.54, 1.807) is 17.1 Å². The van der Waals surface area contributed by atoms with E-state index >= 15 is 0 Å². The topological polar surface area (TPSA) is 135 Å². The largest absolute Gasteiger partial charge is 0.418 e. The van der Waals surface area contributed by atoms with Crippen LogP contribution in [0.2, 0.25) is 0 Å². The number of aliphatic hydroxyl groups is 1. The highest BCUT2D eigenvalue weighted by molar-refractivity contribution is 5.92. The van der Waals surface area contributed by atoms with Gasteiger partial charge in [-0.1, -0.05) is 32.9 Å². The van der Waals surface area contributed by atoms with Crippen LogP contribution in [0, 0.1) is 0 Å². The Morgan fingerprint density at radius 2 is 2.08 bits per heavy atom. The number of carbonyl (C=O) groups excluding carboxylic acids is 1. The van der Waals surface area contributed by atoms with Gasteiger partial charge in [-0.05, 0) is 29.7 Å². The quantitative estimate of drug-likeness (QED) is 0.326. The van der Waals surface area contributed by atoms with Crippen LogP contribution in [0.1, 0.15) is 60.8 Å². The van der Waals surface area contributed by atoms with Crippen molar-refractivity contribution in [2.45, 2.75) is 44.9 Å². The maximum absolute atomic E-state index is 13.2. The van der Waals surface area contributed by atoms with Crippen LogP contribution in [0.25, 0.3) is 11.3 Å². The summed E-state index contributed by atoms with van der Waals surface area (Å²) in [7, 11) is 1.85. The molecule has 1 aliphatic heterocycles. The zero-order chi connectivity index (χ0) is 27.6. The summed E-state index contributed by atoms with van der Waals surface area (Å²) >= 11 is 0. The van der Waals surface area contributed by atoms with Crippen LogP contribution in [0.3, 0.4) is 0 Å². The van der Waals surface area contributed by atoms with Gasteiger partial charge in [0.2, 0.25) is 17.6 Å². The summed E-state index contributed by atoms with van der Waals surface area (Å²) in [6.45, 7) is 7.96. The highest BCUT2D eigenvalue weighted by Gasteiger charge is 2.29. The molecule has 1 atom stereocenters. The summed E-state index contributed by atoms with van der Waals surface area (Å²) in [6.07, 6.45) is 6.35. The molecule has 5 rings (SSSR count). The zero-order valence-corrected chi connectivity index (χ0v) is 22.8. The number of hydrogen-bond donors (Lipinski definition) is 2. The number of aromatic nitrogens is 6. The minimum Gasteiger partial charge on any atom is -0.418 e. The van der Waals surface area contributed by atoms with Gasteiger partial charge in [0.15, 0.2) is 0 Å². The maximum Gasteiger partial charge on any atom is 0.284 e. The van der Waals surface area contributed by atoms with E-state index in [9.17, 15) is 9.90 Å². The Labute approximate surface area is 227 Å². The van der Waals surface area contributed by atoms with Gasteiger partial charge >= 0.3 is 0 Å². The third-order valence-electron chi connectivity index (χ3n) is 6.82. The molecular weight excluding hydrogens is 496 g/mol. The number of anilines is 2. The van der Waals surface area contributed by atoms with Crippen molar-refractivity contribution in [2.75, 3.05) is 31.6 Å². The molecule has 0 radical (unpaired) electrons. The van der Waals surface area contributed by atoms with Crippen LogP contribution in [0.5, 0.6) is 0 Å². The molecule has 4 heterocycles. The molecule has 11 nitrogen and oxygen atoms in total. The number of β-amino-alcohol motifs (C(OH)–C–C–N with tert-alkyl or cyclic N) is 1. The standard InChI is InChI=1S/C28H34N8O3/c1-28(2,3)26-34-33-25(39-26)24(38)14-20-16-36(11-12-37)10-8-18-13-19(5-6-22(18)20)23-7-9-29-27(32-23)31-21-15-30-35(4)17-21/h5-7,9,13,15,17,20,37H,8,10-12,14,16H2,1-4H3,(H,29,31,32). The van der Waals surface area contributed by atoms with Crippen LogP contribution >= 0.6 is 0 Å². The normalized spacial score (nSPS) is 16.1. The van der Waals surface area contributed by atoms with Gasteiger partial charge in [-0.2, -0.15) is 5.10 Å². The van der Waals surface area contributed by atoms with Crippen molar-refractivity contribution in [3.8, 4) is 11.3 Å². The first-order chi connectivity index (χ1) is 18.7. The fraction of sp³-hybridized carbons (Fsp3) is 0.429. The van der Waals surface area contributed by atoms with Crippen LogP contribution in [0.4, 0.5) is 11.6 Å². The second-order valence-corrected chi connectivity index (χ2v) is 11.0. The Morgan fingerprint density at radius 3 is 2.79 bits per heavy atom. The smallest absolute Gasteiger partial charge is 0.284 e. The Kier molecular flexibility index (Phi) is 7.53. The number of Topliss-reactive ketones (excluding diaryl/α,β-unsaturated/α-hetero) is 1. The van der Waals surface area contributed by atoms with Gasteiger partial charge in [-0.3, -0.25) is 9.48 Å². The number of aliphatic hydroxyl groups excluding tert-OH is 1. The molecule has 1 unspecified atom stereocenters. The van der Waals surface area contributed by atoms with E-state index in [1.807, 2.05) is 46.1 Å². The number of nitrogens with one attached hydrogen (secondary N) is 1. The van der Waals surface area contributed by atoms with Crippen LogP contribution < -0.4 is 5.32 Å². The van der Waals surface area contributed by atoms with Crippen LogP contribution in [0.15, 0.2) is 47.3 Å². The number of nitrogens with zero attached hydrogens (tertiary/aromatic N) is 7. The molecule has 0 saturated heterocycles. The molecule has 0 fully saturated rings. The van der Waals surface area contributed by atoms with Gasteiger partial charge in [0.25, 0.3) is 5.89 Å². The summed E-state index contributed by atoms with van der Waals surface area (Å²) < 4.78 is 7.44. The van der Waals surface area contributed by atoms with Crippen LogP contribution in [-0.4, -0.2) is 72.0 Å². The lowest BCUT2D eigenvalue weighted by Crippen LogP contribution is -2.31. The number of rotatable bonds is 8. The molecule has 0 spiro atoms.